The first-order valence-corrected chi connectivity index (χ1v) is 2.33. The van der Waals surface area contributed by atoms with Crippen LogP contribution in [0.15, 0.2) is 0 Å². The smallest absolute Gasteiger partial charge is 0 e. The maximum absolute atomic E-state index is 9.70. The summed E-state index contributed by atoms with van der Waals surface area (Å²) in [5.41, 5.74) is 0. The Hall–Kier alpha value is 0.644. The summed E-state index contributed by atoms with van der Waals surface area (Å²) < 4.78 is 0. The Morgan fingerprint density at radius 3 is 1.62 bits per heavy atom. The first kappa shape index (κ1) is 15.9. The van der Waals surface area contributed by atoms with Crippen LogP contribution >= 0.6 is 0 Å². The summed E-state index contributed by atoms with van der Waals surface area (Å²) in [6.07, 6.45) is 0.556. The second kappa shape index (κ2) is 15.6. The van der Waals surface area contributed by atoms with Crippen LogP contribution in [-0.4, -0.2) is 5.78 Å². The molecule has 0 unspecified atom stereocenters. The summed E-state index contributed by atoms with van der Waals surface area (Å²) in [7, 11) is 0. The maximum Gasteiger partial charge on any atom is 0 e. The molecule has 0 aliphatic rings. The fourth-order valence-electron chi connectivity index (χ4n) is 0. The van der Waals surface area contributed by atoms with Crippen LogP contribution in [-0.2, 0) is 37.5 Å². The number of carbonyl (C=O) groups excluding carboxylic acids is 1. The Kier molecular flexibility index (Phi) is 31.0. The number of ketones is 1. The molecular weight excluding hydrogens is 177 g/mol. The molecule has 0 rings (SSSR count). The van der Waals surface area contributed by atoms with Crippen molar-refractivity contribution < 1.29 is 37.5 Å². The molecule has 0 N–H and O–H groups in total. The number of Topliss-reactive ketones (excluding diaryl/α,β-unsaturated/α-hetero) is 1. The number of rotatable bonds is 1. The van der Waals surface area contributed by atoms with E-state index in [0.29, 0.717) is 6.42 Å². The van der Waals surface area contributed by atoms with Crippen molar-refractivity contribution in [3.63, 3.8) is 0 Å². The van der Waals surface area contributed by atoms with Gasteiger partial charge in [0.2, 0.25) is 0 Å². The predicted molar refractivity (Wildman–Crippen MR) is 31.7 cm³/mol. The summed E-state index contributed by atoms with van der Waals surface area (Å²) >= 11 is 0. The van der Waals surface area contributed by atoms with Gasteiger partial charge in [-0.25, -0.2) is 0 Å². The standard InChI is InChI=1S/C4H7O.C2H5.Y/c1-3-4(2)5;1-2;/h2-3H2,1H3;1H2,2H3;/q2*-1;. The van der Waals surface area contributed by atoms with E-state index in [4.69, 9.17) is 0 Å². The molecule has 0 aliphatic heterocycles. The fraction of sp³-hybridized carbons (Fsp3) is 0.500. The van der Waals surface area contributed by atoms with Gasteiger partial charge in [-0.15, -0.1) is 0 Å². The quantitative estimate of drug-likeness (QED) is 0.573. The van der Waals surface area contributed by atoms with E-state index in [1.165, 1.54) is 0 Å². The molecule has 0 aromatic heterocycles. The van der Waals surface area contributed by atoms with Crippen molar-refractivity contribution in [3.8, 4) is 0 Å². The molecule has 0 spiro atoms. The van der Waals surface area contributed by atoms with Gasteiger partial charge in [0.05, 0.1) is 0 Å². The molecule has 0 aromatic rings. The molecule has 0 fully saturated rings. The molecular formula is C6H12OY-2. The minimum Gasteiger partial charge on any atom is -0.346 e. The number of hydrogen-bond acceptors (Lipinski definition) is 1. The van der Waals surface area contributed by atoms with E-state index in [0.717, 1.165) is 0 Å². The van der Waals surface area contributed by atoms with E-state index >= 15 is 0 Å². The normalized spacial score (nSPS) is 5.38. The van der Waals surface area contributed by atoms with E-state index in [9.17, 15) is 4.79 Å². The van der Waals surface area contributed by atoms with Crippen molar-refractivity contribution >= 4 is 5.78 Å². The Labute approximate surface area is 77.1 Å². The molecule has 0 aromatic carbocycles. The minimum atomic E-state index is 0. The van der Waals surface area contributed by atoms with Gasteiger partial charge in [0.25, 0.3) is 0 Å². The monoisotopic (exact) mass is 189 g/mol. The Morgan fingerprint density at radius 2 is 1.62 bits per heavy atom. The van der Waals surface area contributed by atoms with Crippen LogP contribution in [0.25, 0.3) is 0 Å². The van der Waals surface area contributed by atoms with Crippen LogP contribution in [0.5, 0.6) is 0 Å². The van der Waals surface area contributed by atoms with Gasteiger partial charge in [-0.1, -0.05) is 6.92 Å². The molecule has 0 bridgehead atoms. The van der Waals surface area contributed by atoms with Gasteiger partial charge in [-0.05, 0) is 12.2 Å². The Bertz CT molecular complexity index is 43.8. The summed E-state index contributed by atoms with van der Waals surface area (Å²) in [5, 5.41) is 0. The fourth-order valence-corrected chi connectivity index (χ4v) is 0. The summed E-state index contributed by atoms with van der Waals surface area (Å²) in [6.45, 7) is 9.91. The van der Waals surface area contributed by atoms with Crippen LogP contribution in [0, 0.1) is 13.8 Å². The molecule has 0 aliphatic carbocycles. The van der Waals surface area contributed by atoms with Crippen molar-refractivity contribution in [3.05, 3.63) is 13.8 Å². The zero-order valence-electron chi connectivity index (χ0n) is 5.61. The van der Waals surface area contributed by atoms with E-state index < -0.39 is 0 Å². The van der Waals surface area contributed by atoms with Crippen molar-refractivity contribution in [2.45, 2.75) is 20.3 Å². The van der Waals surface area contributed by atoms with Gasteiger partial charge in [-0.3, -0.25) is 0 Å². The third-order valence-electron chi connectivity index (χ3n) is 0.394. The van der Waals surface area contributed by atoms with E-state index in [1.54, 1.807) is 13.8 Å². The average molecular weight is 189 g/mol. The third kappa shape index (κ3) is 30.3. The summed E-state index contributed by atoms with van der Waals surface area (Å²) in [5.74, 6) is 0.00463. The van der Waals surface area contributed by atoms with Gasteiger partial charge in [0, 0.05) is 32.7 Å². The molecule has 0 atom stereocenters. The largest absolute Gasteiger partial charge is 0.346 e. The molecule has 8 heavy (non-hydrogen) atoms. The molecule has 0 heterocycles. The van der Waals surface area contributed by atoms with E-state index in [2.05, 4.69) is 13.8 Å². The second-order valence-electron chi connectivity index (χ2n) is 0.892. The van der Waals surface area contributed by atoms with Crippen LogP contribution in [0.1, 0.15) is 20.3 Å². The van der Waals surface area contributed by atoms with Crippen molar-refractivity contribution in [1.82, 2.24) is 0 Å². The van der Waals surface area contributed by atoms with Gasteiger partial charge in [0.1, 0.15) is 0 Å². The molecule has 1 nitrogen and oxygen atoms in total. The van der Waals surface area contributed by atoms with E-state index in [-0.39, 0.29) is 38.5 Å². The molecule has 1 radical (unpaired) electrons. The Morgan fingerprint density at radius 1 is 1.50 bits per heavy atom. The zero-order valence-corrected chi connectivity index (χ0v) is 8.45. The molecule has 2 heteroatoms. The zero-order chi connectivity index (χ0) is 6.28. The number of carbonyl (C=O) groups is 1. The van der Waals surface area contributed by atoms with E-state index in [1.807, 2.05) is 0 Å². The van der Waals surface area contributed by atoms with Crippen molar-refractivity contribution in [1.29, 1.82) is 0 Å². The third-order valence-corrected chi connectivity index (χ3v) is 0.394. The van der Waals surface area contributed by atoms with Crippen LogP contribution < -0.4 is 0 Å². The van der Waals surface area contributed by atoms with Gasteiger partial charge < -0.3 is 18.6 Å². The summed E-state index contributed by atoms with van der Waals surface area (Å²) in [6, 6.07) is 0. The van der Waals surface area contributed by atoms with Crippen LogP contribution in [0.4, 0.5) is 0 Å². The van der Waals surface area contributed by atoms with Crippen LogP contribution in [0.3, 0.4) is 0 Å². The average Bonchev–Trinajstić information content (AvgIpc) is 1.73. The topological polar surface area (TPSA) is 17.1 Å². The van der Waals surface area contributed by atoms with Gasteiger partial charge in [-0.2, -0.15) is 6.92 Å². The first-order valence-electron chi connectivity index (χ1n) is 2.33. The van der Waals surface area contributed by atoms with Gasteiger partial charge >= 0.3 is 0 Å². The second-order valence-corrected chi connectivity index (χ2v) is 0.892. The molecule has 47 valence electrons. The number of hydrogen-bond donors (Lipinski definition) is 0. The first-order chi connectivity index (χ1) is 3.27. The molecule has 0 saturated heterocycles. The van der Waals surface area contributed by atoms with Crippen LogP contribution in [0.2, 0.25) is 0 Å². The minimum absolute atomic E-state index is 0. The van der Waals surface area contributed by atoms with Gasteiger partial charge in [0.15, 0.2) is 0 Å². The molecule has 0 saturated carbocycles. The molecule has 0 amide bonds. The van der Waals surface area contributed by atoms with Crippen molar-refractivity contribution in [2.24, 2.45) is 0 Å². The summed E-state index contributed by atoms with van der Waals surface area (Å²) in [4.78, 5) is 9.70. The Balaban J connectivity index is -0.0000000750. The maximum atomic E-state index is 9.70. The predicted octanol–water partition coefficient (Wildman–Crippen LogP) is 1.64. The van der Waals surface area contributed by atoms with Crippen molar-refractivity contribution in [2.75, 3.05) is 0 Å². The SMILES string of the molecule is [CH2-]C.[CH2-]C(=O)CC.[Y].